The van der Waals surface area contributed by atoms with Crippen molar-refractivity contribution in [3.05, 3.63) is 46.0 Å². The number of pyridine rings is 1. The predicted molar refractivity (Wildman–Crippen MR) is 83.9 cm³/mol. The number of fused-ring (bicyclic) bond motifs is 2. The first-order valence-corrected chi connectivity index (χ1v) is 7.16. The van der Waals surface area contributed by atoms with Crippen molar-refractivity contribution in [3.63, 3.8) is 0 Å². The molecular formula is C14H8BrClN4. The Bertz CT molecular complexity index is 863. The first kappa shape index (κ1) is 11.9. The van der Waals surface area contributed by atoms with Gasteiger partial charge in [0.15, 0.2) is 11.5 Å². The van der Waals surface area contributed by atoms with Crippen LogP contribution in [0.2, 0.25) is 5.02 Å². The molecule has 4 rings (SSSR count). The first-order valence-electron chi connectivity index (χ1n) is 5.99. The number of hydrogen-bond acceptors (Lipinski definition) is 2. The lowest BCUT2D eigenvalue weighted by molar-refractivity contribution is 1.27. The highest BCUT2D eigenvalue weighted by atomic mass is 79.9. The molecule has 0 fully saturated rings. The topological polar surface area (TPSA) is 57.4 Å². The van der Waals surface area contributed by atoms with Crippen molar-refractivity contribution in [2.45, 2.75) is 0 Å². The summed E-state index contributed by atoms with van der Waals surface area (Å²) in [5, 5.41) is 1.72. The van der Waals surface area contributed by atoms with Gasteiger partial charge < -0.3 is 9.97 Å². The molecule has 3 heterocycles. The van der Waals surface area contributed by atoms with Crippen LogP contribution in [0.4, 0.5) is 0 Å². The minimum atomic E-state index is 0.591. The van der Waals surface area contributed by atoms with Gasteiger partial charge >= 0.3 is 0 Å². The summed E-state index contributed by atoms with van der Waals surface area (Å²) in [5.41, 5.74) is 3.46. The number of halogens is 2. The van der Waals surface area contributed by atoms with Crippen molar-refractivity contribution >= 4 is 49.6 Å². The van der Waals surface area contributed by atoms with Crippen molar-refractivity contribution < 1.29 is 0 Å². The molecule has 0 aliphatic carbocycles. The maximum Gasteiger partial charge on any atom is 0.178 e. The molecule has 1 aromatic carbocycles. The number of nitrogens with one attached hydrogen (secondary N) is 2. The summed E-state index contributed by atoms with van der Waals surface area (Å²) in [4.78, 5) is 15.2. The van der Waals surface area contributed by atoms with Gasteiger partial charge in [0.05, 0.1) is 16.2 Å². The Morgan fingerprint density at radius 2 is 1.95 bits per heavy atom. The summed E-state index contributed by atoms with van der Waals surface area (Å²) < 4.78 is 1.04. The van der Waals surface area contributed by atoms with Gasteiger partial charge in [-0.25, -0.2) is 9.97 Å². The number of hydrogen-bond donors (Lipinski definition) is 2. The van der Waals surface area contributed by atoms with E-state index in [0.29, 0.717) is 10.7 Å². The molecule has 6 heteroatoms. The Labute approximate surface area is 127 Å². The van der Waals surface area contributed by atoms with E-state index in [2.05, 4.69) is 48.0 Å². The monoisotopic (exact) mass is 346 g/mol. The van der Waals surface area contributed by atoms with E-state index in [1.54, 1.807) is 6.20 Å². The van der Waals surface area contributed by atoms with Crippen LogP contribution >= 0.6 is 27.5 Å². The molecule has 20 heavy (non-hydrogen) atoms. The van der Waals surface area contributed by atoms with Gasteiger partial charge in [-0.15, -0.1) is 0 Å². The van der Waals surface area contributed by atoms with Crippen molar-refractivity contribution in [3.8, 4) is 11.5 Å². The zero-order valence-corrected chi connectivity index (χ0v) is 12.5. The molecule has 0 spiro atoms. The minimum absolute atomic E-state index is 0.591. The van der Waals surface area contributed by atoms with Gasteiger partial charge in [0.2, 0.25) is 0 Å². The fourth-order valence-electron chi connectivity index (χ4n) is 2.23. The van der Waals surface area contributed by atoms with E-state index in [9.17, 15) is 0 Å². The molecule has 0 aliphatic heterocycles. The average Bonchev–Trinajstić information content (AvgIpc) is 3.00. The van der Waals surface area contributed by atoms with Crippen LogP contribution in [0.15, 0.2) is 41.0 Å². The fourth-order valence-corrected chi connectivity index (χ4v) is 2.75. The molecule has 2 N–H and O–H groups in total. The molecule has 3 aromatic heterocycles. The van der Waals surface area contributed by atoms with Crippen molar-refractivity contribution in [2.75, 3.05) is 0 Å². The zero-order valence-electron chi connectivity index (χ0n) is 10.1. The molecule has 0 atom stereocenters. The van der Waals surface area contributed by atoms with Crippen LogP contribution in [-0.2, 0) is 0 Å². The van der Waals surface area contributed by atoms with Crippen molar-refractivity contribution in [1.29, 1.82) is 0 Å². The number of nitrogens with zero attached hydrogens (tertiary/aromatic N) is 2. The maximum absolute atomic E-state index is 5.93. The third-order valence-electron chi connectivity index (χ3n) is 3.14. The fraction of sp³-hybridized carbons (Fsp3) is 0. The predicted octanol–water partition coefficient (Wildman–Crippen LogP) is 4.52. The quantitative estimate of drug-likeness (QED) is 0.532. The number of imidazole rings is 1. The van der Waals surface area contributed by atoms with E-state index in [1.807, 2.05) is 18.2 Å². The summed E-state index contributed by atoms with van der Waals surface area (Å²) in [6.07, 6.45) is 1.59. The van der Waals surface area contributed by atoms with Gasteiger partial charge in [0.25, 0.3) is 0 Å². The molecule has 98 valence electrons. The second kappa shape index (κ2) is 4.33. The Morgan fingerprint density at radius 1 is 1.05 bits per heavy atom. The molecule has 0 unspecified atom stereocenters. The smallest absolute Gasteiger partial charge is 0.178 e. The molecule has 0 amide bonds. The number of aromatic amines is 2. The number of H-pyrrole nitrogens is 2. The summed E-state index contributed by atoms with van der Waals surface area (Å²) in [5.74, 6) is 0.752. The SMILES string of the molecule is Clc1cnc2nc(-c3cc4ccc(Br)cc4[nH]3)[nH]c2c1. The highest BCUT2D eigenvalue weighted by Crippen LogP contribution is 2.26. The Kier molecular flexibility index (Phi) is 2.58. The maximum atomic E-state index is 5.93. The standard InChI is InChI=1S/C14H8BrClN4/c15-8-2-1-7-3-11(18-10(7)4-8)14-19-12-5-9(16)6-17-13(12)20-14/h1-6,18H,(H,17,19,20). The third kappa shape index (κ3) is 1.90. The lowest BCUT2D eigenvalue weighted by atomic mass is 10.2. The molecule has 0 aliphatic rings. The summed E-state index contributed by atoms with van der Waals surface area (Å²) in [7, 11) is 0. The van der Waals surface area contributed by atoms with Crippen LogP contribution in [0.1, 0.15) is 0 Å². The summed E-state index contributed by atoms with van der Waals surface area (Å²) >= 11 is 9.40. The van der Waals surface area contributed by atoms with E-state index >= 15 is 0 Å². The van der Waals surface area contributed by atoms with E-state index in [0.717, 1.165) is 32.4 Å². The van der Waals surface area contributed by atoms with Gasteiger partial charge in [-0.05, 0) is 24.3 Å². The Morgan fingerprint density at radius 3 is 2.85 bits per heavy atom. The normalized spacial score (nSPS) is 11.5. The molecule has 0 saturated heterocycles. The summed E-state index contributed by atoms with van der Waals surface area (Å²) in [6, 6.07) is 9.98. The molecule has 4 aromatic rings. The second-order valence-corrected chi connectivity index (χ2v) is 5.88. The molecule has 4 nitrogen and oxygen atoms in total. The number of aromatic nitrogens is 4. The Hall–Kier alpha value is -1.85. The largest absolute Gasteiger partial charge is 0.352 e. The van der Waals surface area contributed by atoms with Gasteiger partial charge in [0.1, 0.15) is 0 Å². The van der Waals surface area contributed by atoms with Crippen molar-refractivity contribution in [1.82, 2.24) is 19.9 Å². The van der Waals surface area contributed by atoms with E-state index in [-0.39, 0.29) is 0 Å². The lowest BCUT2D eigenvalue weighted by Gasteiger charge is -1.90. The molecule has 0 saturated carbocycles. The van der Waals surface area contributed by atoms with Gasteiger partial charge in [0, 0.05) is 21.6 Å². The van der Waals surface area contributed by atoms with Gasteiger partial charge in [-0.2, -0.15) is 0 Å². The van der Waals surface area contributed by atoms with Crippen LogP contribution in [0.3, 0.4) is 0 Å². The van der Waals surface area contributed by atoms with E-state index < -0.39 is 0 Å². The van der Waals surface area contributed by atoms with Crippen LogP contribution in [0.5, 0.6) is 0 Å². The van der Waals surface area contributed by atoms with Crippen LogP contribution in [0, 0.1) is 0 Å². The highest BCUT2D eigenvalue weighted by molar-refractivity contribution is 9.10. The van der Waals surface area contributed by atoms with Crippen LogP contribution in [-0.4, -0.2) is 19.9 Å². The average molecular weight is 348 g/mol. The number of rotatable bonds is 1. The highest BCUT2D eigenvalue weighted by Gasteiger charge is 2.09. The Balaban J connectivity index is 1.91. The third-order valence-corrected chi connectivity index (χ3v) is 3.84. The first-order chi connectivity index (χ1) is 9.69. The number of benzene rings is 1. The lowest BCUT2D eigenvalue weighted by Crippen LogP contribution is -1.79. The zero-order chi connectivity index (χ0) is 13.7. The van der Waals surface area contributed by atoms with Crippen LogP contribution < -0.4 is 0 Å². The molecular weight excluding hydrogens is 340 g/mol. The van der Waals surface area contributed by atoms with E-state index in [4.69, 9.17) is 11.6 Å². The second-order valence-electron chi connectivity index (χ2n) is 4.52. The molecule has 0 radical (unpaired) electrons. The molecule has 0 bridgehead atoms. The van der Waals surface area contributed by atoms with Gasteiger partial charge in [-0.1, -0.05) is 33.6 Å². The van der Waals surface area contributed by atoms with Crippen LogP contribution in [0.25, 0.3) is 33.6 Å². The minimum Gasteiger partial charge on any atom is -0.352 e. The van der Waals surface area contributed by atoms with Gasteiger partial charge in [-0.3, -0.25) is 0 Å². The van der Waals surface area contributed by atoms with Crippen molar-refractivity contribution in [2.24, 2.45) is 0 Å². The van der Waals surface area contributed by atoms with E-state index in [1.165, 1.54) is 0 Å². The summed E-state index contributed by atoms with van der Waals surface area (Å²) in [6.45, 7) is 0.